The SMILES string of the molecule is N#CN=C(N)CCc1ccccc1Sc1ccccc1CCC(=N)N. The molecule has 2 rings (SSSR count). The molecule has 0 radical (unpaired) electrons. The van der Waals surface area contributed by atoms with Gasteiger partial charge in [-0.25, -0.2) is 0 Å². The van der Waals surface area contributed by atoms with Crippen LogP contribution in [0.1, 0.15) is 24.0 Å². The average molecular weight is 351 g/mol. The monoisotopic (exact) mass is 351 g/mol. The number of hydrogen-bond donors (Lipinski definition) is 3. The van der Waals surface area contributed by atoms with Gasteiger partial charge in [0.2, 0.25) is 6.19 Å². The van der Waals surface area contributed by atoms with Crippen molar-refractivity contribution in [3.05, 3.63) is 59.7 Å². The Morgan fingerprint density at radius 2 is 1.48 bits per heavy atom. The highest BCUT2D eigenvalue weighted by atomic mass is 32.2. The van der Waals surface area contributed by atoms with Crippen LogP contribution in [0.5, 0.6) is 0 Å². The fourth-order valence-electron chi connectivity index (χ4n) is 2.39. The highest BCUT2D eigenvalue weighted by molar-refractivity contribution is 7.99. The van der Waals surface area contributed by atoms with E-state index >= 15 is 0 Å². The van der Waals surface area contributed by atoms with Crippen LogP contribution in [-0.4, -0.2) is 11.7 Å². The summed E-state index contributed by atoms with van der Waals surface area (Å²) >= 11 is 1.70. The molecule has 5 N–H and O–H groups in total. The van der Waals surface area contributed by atoms with Crippen LogP contribution < -0.4 is 11.5 Å². The number of nitrogens with one attached hydrogen (secondary N) is 1. The third kappa shape index (κ3) is 5.98. The zero-order valence-electron chi connectivity index (χ0n) is 13.9. The van der Waals surface area contributed by atoms with Gasteiger partial charge in [0.25, 0.3) is 0 Å². The van der Waals surface area contributed by atoms with E-state index in [1.807, 2.05) is 24.3 Å². The molecule has 0 aromatic heterocycles. The standard InChI is InChI=1S/C19H21N5S/c20-13-24-19(23)12-10-15-6-2-4-8-17(15)25-16-7-3-1-5-14(16)9-11-18(21)22/h1-8H,9-12H2,(H3,21,22)(H2,23,24). The predicted molar refractivity (Wildman–Crippen MR) is 103 cm³/mol. The molecule has 128 valence electrons. The Balaban J connectivity index is 2.17. The first-order valence-corrected chi connectivity index (χ1v) is 8.79. The second-order valence-electron chi connectivity index (χ2n) is 5.55. The molecule has 0 saturated carbocycles. The number of benzene rings is 2. The lowest BCUT2D eigenvalue weighted by Gasteiger charge is -2.12. The topological polar surface area (TPSA) is 112 Å². The Hall–Kier alpha value is -2.78. The van der Waals surface area contributed by atoms with E-state index in [2.05, 4.69) is 29.3 Å². The Kier molecular flexibility index (Phi) is 7.05. The van der Waals surface area contributed by atoms with Crippen molar-refractivity contribution in [1.82, 2.24) is 0 Å². The van der Waals surface area contributed by atoms with Gasteiger partial charge >= 0.3 is 0 Å². The summed E-state index contributed by atoms with van der Waals surface area (Å²) in [5.74, 6) is 0.552. The van der Waals surface area contributed by atoms with Crippen molar-refractivity contribution in [2.24, 2.45) is 16.5 Å². The van der Waals surface area contributed by atoms with E-state index in [-0.39, 0.29) is 5.84 Å². The number of nitriles is 1. The van der Waals surface area contributed by atoms with Crippen molar-refractivity contribution in [1.29, 1.82) is 10.7 Å². The lowest BCUT2D eigenvalue weighted by molar-refractivity contribution is 0.978. The summed E-state index contributed by atoms with van der Waals surface area (Å²) in [6.45, 7) is 0. The van der Waals surface area contributed by atoms with Crippen molar-refractivity contribution in [2.75, 3.05) is 0 Å². The predicted octanol–water partition coefficient (Wildman–Crippen LogP) is 3.48. The van der Waals surface area contributed by atoms with Gasteiger partial charge in [-0.2, -0.15) is 10.3 Å². The quantitative estimate of drug-likeness (QED) is 0.384. The fraction of sp³-hybridized carbons (Fsp3) is 0.211. The van der Waals surface area contributed by atoms with Crippen LogP contribution in [0.25, 0.3) is 0 Å². The molecule has 0 saturated heterocycles. The van der Waals surface area contributed by atoms with Crippen LogP contribution in [0, 0.1) is 16.9 Å². The third-order valence-corrected chi connectivity index (χ3v) is 4.91. The van der Waals surface area contributed by atoms with E-state index < -0.39 is 0 Å². The number of rotatable bonds is 8. The molecule has 0 heterocycles. The molecular weight excluding hydrogens is 330 g/mol. The average Bonchev–Trinajstić information content (AvgIpc) is 2.60. The molecule has 0 atom stereocenters. The van der Waals surface area contributed by atoms with Crippen LogP contribution >= 0.6 is 11.8 Å². The van der Waals surface area contributed by atoms with E-state index in [1.54, 1.807) is 18.0 Å². The number of amidine groups is 2. The maximum atomic E-state index is 8.56. The van der Waals surface area contributed by atoms with Gasteiger partial charge in [0.1, 0.15) is 5.84 Å². The number of nitrogens with two attached hydrogens (primary N) is 2. The van der Waals surface area contributed by atoms with Crippen molar-refractivity contribution >= 4 is 23.4 Å². The van der Waals surface area contributed by atoms with Gasteiger partial charge in [0, 0.05) is 22.6 Å². The molecule has 0 unspecified atom stereocenters. The van der Waals surface area contributed by atoms with Gasteiger partial charge in [-0.3, -0.25) is 5.41 Å². The summed E-state index contributed by atoms with van der Waals surface area (Å²) in [5.41, 5.74) is 13.6. The van der Waals surface area contributed by atoms with Gasteiger partial charge in [0.05, 0.1) is 5.84 Å². The van der Waals surface area contributed by atoms with Gasteiger partial charge in [-0.15, -0.1) is 0 Å². The maximum absolute atomic E-state index is 8.56. The molecule has 2 aromatic carbocycles. The highest BCUT2D eigenvalue weighted by Crippen LogP contribution is 2.33. The van der Waals surface area contributed by atoms with Crippen molar-refractivity contribution in [3.63, 3.8) is 0 Å². The zero-order chi connectivity index (χ0) is 18.1. The molecule has 6 heteroatoms. The molecule has 0 bridgehead atoms. The minimum absolute atomic E-state index is 0.201. The lowest BCUT2D eigenvalue weighted by atomic mass is 10.1. The lowest BCUT2D eigenvalue weighted by Crippen LogP contribution is -2.12. The van der Waals surface area contributed by atoms with Crippen LogP contribution in [0.3, 0.4) is 0 Å². The summed E-state index contributed by atoms with van der Waals surface area (Å²) in [4.78, 5) is 5.89. The maximum Gasteiger partial charge on any atom is 0.207 e. The molecule has 25 heavy (non-hydrogen) atoms. The molecule has 0 aliphatic rings. The minimum atomic E-state index is 0.201. The molecule has 0 amide bonds. The minimum Gasteiger partial charge on any atom is -0.388 e. The van der Waals surface area contributed by atoms with Crippen molar-refractivity contribution in [3.8, 4) is 6.19 Å². The van der Waals surface area contributed by atoms with E-state index in [1.165, 1.54) is 11.1 Å². The molecule has 0 aliphatic heterocycles. The third-order valence-electron chi connectivity index (χ3n) is 3.67. The number of aryl methyl sites for hydroxylation is 2. The van der Waals surface area contributed by atoms with Crippen LogP contribution in [0.2, 0.25) is 0 Å². The van der Waals surface area contributed by atoms with Gasteiger partial charge in [-0.05, 0) is 36.1 Å². The Labute approximate surface area is 152 Å². The Morgan fingerprint density at radius 1 is 0.960 bits per heavy atom. The molecule has 2 aromatic rings. The normalized spacial score (nSPS) is 11.1. The van der Waals surface area contributed by atoms with E-state index in [9.17, 15) is 0 Å². The summed E-state index contributed by atoms with van der Waals surface area (Å²) in [7, 11) is 0. The number of nitrogens with zero attached hydrogens (tertiary/aromatic N) is 2. The molecule has 0 fully saturated rings. The highest BCUT2D eigenvalue weighted by Gasteiger charge is 2.09. The largest absolute Gasteiger partial charge is 0.388 e. The summed E-state index contributed by atoms with van der Waals surface area (Å²) in [6.07, 6.45) is 4.31. The van der Waals surface area contributed by atoms with E-state index in [4.69, 9.17) is 22.1 Å². The molecule has 0 aliphatic carbocycles. The van der Waals surface area contributed by atoms with Gasteiger partial charge in [0.15, 0.2) is 0 Å². The van der Waals surface area contributed by atoms with E-state index in [0.717, 1.165) is 22.6 Å². The number of hydrogen-bond acceptors (Lipinski definition) is 4. The Morgan fingerprint density at radius 3 is 2.00 bits per heavy atom. The van der Waals surface area contributed by atoms with Gasteiger partial charge < -0.3 is 11.5 Å². The molecular formula is C19H21N5S. The van der Waals surface area contributed by atoms with Crippen LogP contribution in [0.4, 0.5) is 0 Å². The smallest absolute Gasteiger partial charge is 0.207 e. The zero-order valence-corrected chi connectivity index (χ0v) is 14.7. The van der Waals surface area contributed by atoms with Crippen LogP contribution in [-0.2, 0) is 12.8 Å². The first-order valence-electron chi connectivity index (χ1n) is 7.98. The van der Waals surface area contributed by atoms with Crippen molar-refractivity contribution < 1.29 is 0 Å². The van der Waals surface area contributed by atoms with Crippen LogP contribution in [0.15, 0.2) is 63.3 Å². The second kappa shape index (κ2) is 9.50. The summed E-state index contributed by atoms with van der Waals surface area (Å²) in [5, 5.41) is 16.0. The molecule has 5 nitrogen and oxygen atoms in total. The first kappa shape index (κ1) is 18.6. The molecule has 0 spiro atoms. The van der Waals surface area contributed by atoms with Gasteiger partial charge in [-0.1, -0.05) is 48.2 Å². The Bertz CT molecular complexity index is 807. The summed E-state index contributed by atoms with van der Waals surface area (Å²) < 4.78 is 0. The number of aliphatic imine (C=N–C) groups is 1. The fourth-order valence-corrected chi connectivity index (χ4v) is 3.52. The van der Waals surface area contributed by atoms with E-state index in [0.29, 0.717) is 18.7 Å². The van der Waals surface area contributed by atoms with Crippen molar-refractivity contribution in [2.45, 2.75) is 35.5 Å². The summed E-state index contributed by atoms with van der Waals surface area (Å²) in [6, 6.07) is 16.3. The first-order chi connectivity index (χ1) is 12.1. The second-order valence-corrected chi connectivity index (χ2v) is 6.63.